The molecule has 1 aliphatic rings. The van der Waals surface area contributed by atoms with Crippen LogP contribution in [0.2, 0.25) is 0 Å². The summed E-state index contributed by atoms with van der Waals surface area (Å²) >= 11 is 0. The number of phenols is 1. The van der Waals surface area contributed by atoms with Gasteiger partial charge in [0.05, 0.1) is 6.10 Å². The molecule has 2 unspecified atom stereocenters. The van der Waals surface area contributed by atoms with Gasteiger partial charge in [0.2, 0.25) is 0 Å². The van der Waals surface area contributed by atoms with Gasteiger partial charge in [0.25, 0.3) is 0 Å². The monoisotopic (exact) mass is 469 g/mol. The standard InChI is InChI=1S/C29H27NO5/c31-21-12-11-18-15-20(10-9-19(18)16-21)28(33)27(32)13-14-30-29(34)35-17-26-24-7-3-1-5-22(24)23-6-2-4-8-25(23)26/h1-12,15-16,26-28,31-33H,13-14,17H2,(H,30,34). The van der Waals surface area contributed by atoms with Crippen LogP contribution in [0.25, 0.3) is 21.9 Å². The zero-order valence-corrected chi connectivity index (χ0v) is 19.1. The predicted molar refractivity (Wildman–Crippen MR) is 134 cm³/mol. The summed E-state index contributed by atoms with van der Waals surface area (Å²) in [6.45, 7) is 0.383. The fourth-order valence-corrected chi connectivity index (χ4v) is 4.79. The Morgan fingerprint density at radius 2 is 1.49 bits per heavy atom. The van der Waals surface area contributed by atoms with E-state index < -0.39 is 18.3 Å². The molecule has 0 aliphatic heterocycles. The first-order valence-corrected chi connectivity index (χ1v) is 11.7. The predicted octanol–water partition coefficient (Wildman–Crippen LogP) is 4.87. The molecule has 1 aliphatic carbocycles. The van der Waals surface area contributed by atoms with Crippen LogP contribution in [0.5, 0.6) is 5.75 Å². The van der Waals surface area contributed by atoms with Gasteiger partial charge in [0.1, 0.15) is 18.5 Å². The van der Waals surface area contributed by atoms with E-state index in [1.807, 2.05) is 24.3 Å². The van der Waals surface area contributed by atoms with Crippen LogP contribution >= 0.6 is 0 Å². The summed E-state index contributed by atoms with van der Waals surface area (Å²) in [5.41, 5.74) is 5.19. The van der Waals surface area contributed by atoms with E-state index in [0.717, 1.165) is 21.9 Å². The lowest BCUT2D eigenvalue weighted by Crippen LogP contribution is -2.30. The van der Waals surface area contributed by atoms with Crippen LogP contribution in [-0.4, -0.2) is 40.7 Å². The highest BCUT2D eigenvalue weighted by atomic mass is 16.5. The van der Waals surface area contributed by atoms with Crippen molar-refractivity contribution in [3.05, 3.63) is 102 Å². The number of aliphatic hydroxyl groups excluding tert-OH is 2. The van der Waals surface area contributed by atoms with E-state index in [9.17, 15) is 20.1 Å². The molecule has 0 radical (unpaired) electrons. The van der Waals surface area contributed by atoms with Crippen LogP contribution < -0.4 is 5.32 Å². The quantitative estimate of drug-likeness (QED) is 0.310. The van der Waals surface area contributed by atoms with E-state index in [4.69, 9.17) is 4.74 Å². The summed E-state index contributed by atoms with van der Waals surface area (Å²) in [6.07, 6.45) is -2.55. The molecule has 0 fully saturated rings. The number of aliphatic hydroxyl groups is 2. The van der Waals surface area contributed by atoms with Crippen LogP contribution in [-0.2, 0) is 4.74 Å². The first kappa shape index (κ1) is 22.9. The fourth-order valence-electron chi connectivity index (χ4n) is 4.79. The zero-order chi connectivity index (χ0) is 24.4. The summed E-state index contributed by atoms with van der Waals surface area (Å²) in [5, 5.41) is 34.9. The molecule has 0 saturated carbocycles. The Morgan fingerprint density at radius 3 is 2.20 bits per heavy atom. The van der Waals surface area contributed by atoms with Crippen molar-refractivity contribution in [2.45, 2.75) is 24.5 Å². The van der Waals surface area contributed by atoms with Crippen molar-refractivity contribution in [3.8, 4) is 16.9 Å². The molecule has 4 aromatic rings. The van der Waals surface area contributed by atoms with Gasteiger partial charge < -0.3 is 25.4 Å². The van der Waals surface area contributed by atoms with E-state index in [-0.39, 0.29) is 31.2 Å². The van der Waals surface area contributed by atoms with Gasteiger partial charge in [-0.1, -0.05) is 66.7 Å². The Balaban J connectivity index is 1.13. The molecular weight excluding hydrogens is 442 g/mol. The Hall–Kier alpha value is -3.87. The van der Waals surface area contributed by atoms with Gasteiger partial charge in [-0.05, 0) is 63.2 Å². The molecule has 35 heavy (non-hydrogen) atoms. The van der Waals surface area contributed by atoms with Crippen LogP contribution in [0.1, 0.15) is 35.1 Å². The van der Waals surface area contributed by atoms with E-state index in [2.05, 4.69) is 29.6 Å². The largest absolute Gasteiger partial charge is 0.508 e. The third kappa shape index (κ3) is 4.71. The Kier molecular flexibility index (Phi) is 6.40. The third-order valence-corrected chi connectivity index (χ3v) is 6.61. The second-order valence-corrected chi connectivity index (χ2v) is 8.84. The molecule has 2 atom stereocenters. The number of nitrogens with one attached hydrogen (secondary N) is 1. The van der Waals surface area contributed by atoms with Gasteiger partial charge in [-0.15, -0.1) is 0 Å². The highest BCUT2D eigenvalue weighted by Gasteiger charge is 2.29. The number of hydrogen-bond donors (Lipinski definition) is 4. The van der Waals surface area contributed by atoms with Crippen molar-refractivity contribution >= 4 is 16.9 Å². The Labute approximate surface area is 203 Å². The molecule has 4 N–H and O–H groups in total. The van der Waals surface area contributed by atoms with Gasteiger partial charge in [0, 0.05) is 12.5 Å². The number of carbonyl (C=O) groups is 1. The molecule has 0 heterocycles. The molecule has 178 valence electrons. The first-order chi connectivity index (χ1) is 17.0. The van der Waals surface area contributed by atoms with Crippen molar-refractivity contribution in [2.24, 2.45) is 0 Å². The smallest absolute Gasteiger partial charge is 0.407 e. The second-order valence-electron chi connectivity index (χ2n) is 8.84. The number of amides is 1. The molecule has 6 nitrogen and oxygen atoms in total. The summed E-state index contributed by atoms with van der Waals surface area (Å²) < 4.78 is 5.51. The normalized spacial score (nSPS) is 14.2. The molecule has 1 amide bonds. The highest BCUT2D eigenvalue weighted by Crippen LogP contribution is 2.44. The summed E-state index contributed by atoms with van der Waals surface area (Å²) in [6, 6.07) is 26.5. The average molecular weight is 470 g/mol. The number of aromatic hydroxyl groups is 1. The number of alkyl carbamates (subject to hydrolysis) is 1. The molecule has 0 aromatic heterocycles. The maximum absolute atomic E-state index is 12.3. The van der Waals surface area contributed by atoms with Gasteiger partial charge in [0.15, 0.2) is 0 Å². The van der Waals surface area contributed by atoms with Crippen molar-refractivity contribution < 1.29 is 24.9 Å². The summed E-state index contributed by atoms with van der Waals surface area (Å²) in [5.74, 6) is 0.153. The molecule has 0 bridgehead atoms. The maximum atomic E-state index is 12.3. The molecular formula is C29H27NO5. The van der Waals surface area contributed by atoms with Crippen molar-refractivity contribution in [1.29, 1.82) is 0 Å². The topological polar surface area (TPSA) is 99.0 Å². The Morgan fingerprint density at radius 1 is 0.857 bits per heavy atom. The second kappa shape index (κ2) is 9.78. The zero-order valence-electron chi connectivity index (χ0n) is 19.1. The van der Waals surface area contributed by atoms with Crippen LogP contribution in [0, 0.1) is 0 Å². The van der Waals surface area contributed by atoms with Crippen molar-refractivity contribution in [2.75, 3.05) is 13.2 Å². The van der Waals surface area contributed by atoms with Crippen molar-refractivity contribution in [3.63, 3.8) is 0 Å². The lowest BCUT2D eigenvalue weighted by atomic mass is 9.98. The lowest BCUT2D eigenvalue weighted by Gasteiger charge is -2.19. The highest BCUT2D eigenvalue weighted by molar-refractivity contribution is 5.84. The number of ether oxygens (including phenoxy) is 1. The van der Waals surface area contributed by atoms with Crippen LogP contribution in [0.3, 0.4) is 0 Å². The number of phenolic OH excluding ortho intramolecular Hbond substituents is 1. The molecule has 6 heteroatoms. The Bertz CT molecular complexity index is 1320. The lowest BCUT2D eigenvalue weighted by molar-refractivity contribution is 0.0137. The number of rotatable bonds is 7. The maximum Gasteiger partial charge on any atom is 0.407 e. The molecule has 0 saturated heterocycles. The van der Waals surface area contributed by atoms with E-state index >= 15 is 0 Å². The number of carbonyl (C=O) groups excluding carboxylic acids is 1. The van der Waals surface area contributed by atoms with Crippen LogP contribution in [0.4, 0.5) is 4.79 Å². The van der Waals surface area contributed by atoms with E-state index in [1.54, 1.807) is 36.4 Å². The molecule has 5 rings (SSSR count). The minimum Gasteiger partial charge on any atom is -0.508 e. The van der Waals surface area contributed by atoms with Crippen molar-refractivity contribution in [1.82, 2.24) is 5.32 Å². The van der Waals surface area contributed by atoms with E-state index in [0.29, 0.717) is 5.56 Å². The fraction of sp³-hybridized carbons (Fsp3) is 0.207. The third-order valence-electron chi connectivity index (χ3n) is 6.61. The minimum absolute atomic E-state index is 0.0182. The van der Waals surface area contributed by atoms with Gasteiger partial charge in [-0.2, -0.15) is 0 Å². The number of benzene rings is 4. The van der Waals surface area contributed by atoms with E-state index in [1.165, 1.54) is 11.1 Å². The molecule has 4 aromatic carbocycles. The minimum atomic E-state index is -1.10. The number of hydrogen-bond acceptors (Lipinski definition) is 5. The van der Waals surface area contributed by atoms with Gasteiger partial charge in [-0.3, -0.25) is 0 Å². The average Bonchev–Trinajstić information content (AvgIpc) is 3.20. The van der Waals surface area contributed by atoms with Gasteiger partial charge in [-0.25, -0.2) is 4.79 Å². The summed E-state index contributed by atoms with van der Waals surface area (Å²) in [7, 11) is 0. The first-order valence-electron chi connectivity index (χ1n) is 11.7. The summed E-state index contributed by atoms with van der Waals surface area (Å²) in [4.78, 5) is 12.3. The number of fused-ring (bicyclic) bond motifs is 4. The molecule has 0 spiro atoms. The SMILES string of the molecule is O=C(NCCC(O)C(O)c1ccc2cc(O)ccc2c1)OCC1c2ccccc2-c2ccccc21. The van der Waals surface area contributed by atoms with Crippen LogP contribution in [0.15, 0.2) is 84.9 Å². The van der Waals surface area contributed by atoms with Gasteiger partial charge >= 0.3 is 6.09 Å².